The van der Waals surface area contributed by atoms with Gasteiger partial charge in [0.1, 0.15) is 12.3 Å². The van der Waals surface area contributed by atoms with E-state index in [0.717, 1.165) is 11.0 Å². The number of ether oxygens (including phenoxy) is 1. The molecule has 0 aliphatic carbocycles. The lowest BCUT2D eigenvalue weighted by Gasteiger charge is -2.08. The molecular formula is C19H20N2O2. The Kier molecular flexibility index (Phi) is 4.42. The van der Waals surface area contributed by atoms with Gasteiger partial charge in [-0.05, 0) is 41.8 Å². The molecule has 0 atom stereocenters. The van der Waals surface area contributed by atoms with Crippen molar-refractivity contribution in [3.05, 3.63) is 66.0 Å². The molecule has 4 nitrogen and oxygen atoms in total. The minimum atomic E-state index is -0.287. The Balaban J connectivity index is 1.59. The van der Waals surface area contributed by atoms with E-state index < -0.39 is 0 Å². The number of aromatic nitrogens is 2. The third-order valence-electron chi connectivity index (χ3n) is 3.90. The van der Waals surface area contributed by atoms with Crippen molar-refractivity contribution in [2.75, 3.05) is 6.61 Å². The minimum absolute atomic E-state index is 0.287. The Hall–Kier alpha value is -2.62. The van der Waals surface area contributed by atoms with Gasteiger partial charge in [-0.25, -0.2) is 9.78 Å². The highest BCUT2D eigenvalue weighted by Crippen LogP contribution is 2.15. The SMILES string of the molecule is CC(C)c1ccc(C(=O)OCCn2ccc3cccnc32)cc1. The summed E-state index contributed by atoms with van der Waals surface area (Å²) in [7, 11) is 0. The van der Waals surface area contributed by atoms with E-state index in [2.05, 4.69) is 18.8 Å². The number of hydrogen-bond donors (Lipinski definition) is 0. The zero-order valence-corrected chi connectivity index (χ0v) is 13.4. The maximum absolute atomic E-state index is 12.1. The Bertz CT molecular complexity index is 804. The summed E-state index contributed by atoms with van der Waals surface area (Å²) < 4.78 is 7.35. The van der Waals surface area contributed by atoms with Crippen molar-refractivity contribution in [1.82, 2.24) is 9.55 Å². The van der Waals surface area contributed by atoms with Gasteiger partial charge in [0.25, 0.3) is 0 Å². The molecule has 0 amide bonds. The first kappa shape index (κ1) is 15.3. The van der Waals surface area contributed by atoms with Crippen molar-refractivity contribution < 1.29 is 9.53 Å². The van der Waals surface area contributed by atoms with E-state index in [-0.39, 0.29) is 5.97 Å². The number of carbonyl (C=O) groups is 1. The second kappa shape index (κ2) is 6.65. The third kappa shape index (κ3) is 3.42. The second-order valence-corrected chi connectivity index (χ2v) is 5.84. The number of pyridine rings is 1. The van der Waals surface area contributed by atoms with E-state index in [1.54, 1.807) is 6.20 Å². The van der Waals surface area contributed by atoms with Crippen molar-refractivity contribution in [2.45, 2.75) is 26.3 Å². The molecule has 2 heterocycles. The molecule has 0 bridgehead atoms. The molecule has 0 aliphatic rings. The van der Waals surface area contributed by atoms with Gasteiger partial charge in [0.2, 0.25) is 0 Å². The van der Waals surface area contributed by atoms with Crippen LogP contribution in [0.25, 0.3) is 11.0 Å². The van der Waals surface area contributed by atoms with Gasteiger partial charge in [-0.15, -0.1) is 0 Å². The average molecular weight is 308 g/mol. The van der Waals surface area contributed by atoms with Crippen LogP contribution in [0.1, 0.15) is 35.7 Å². The summed E-state index contributed by atoms with van der Waals surface area (Å²) in [6.07, 6.45) is 3.73. The highest BCUT2D eigenvalue weighted by atomic mass is 16.5. The van der Waals surface area contributed by atoms with Gasteiger partial charge in [-0.1, -0.05) is 26.0 Å². The fourth-order valence-electron chi connectivity index (χ4n) is 2.52. The van der Waals surface area contributed by atoms with Crippen LogP contribution in [0.15, 0.2) is 54.9 Å². The fraction of sp³-hybridized carbons (Fsp3) is 0.263. The molecule has 3 aromatic rings. The molecule has 0 aliphatic heterocycles. The molecule has 1 aromatic carbocycles. The summed E-state index contributed by atoms with van der Waals surface area (Å²) in [6, 6.07) is 13.5. The summed E-state index contributed by atoms with van der Waals surface area (Å²) in [5.41, 5.74) is 2.71. The van der Waals surface area contributed by atoms with Crippen LogP contribution in [-0.4, -0.2) is 22.1 Å². The Morgan fingerprint density at radius 3 is 2.70 bits per heavy atom. The van der Waals surface area contributed by atoms with Gasteiger partial charge < -0.3 is 9.30 Å². The molecule has 4 heteroatoms. The third-order valence-corrected chi connectivity index (χ3v) is 3.90. The first-order valence-electron chi connectivity index (χ1n) is 7.82. The van der Waals surface area contributed by atoms with Gasteiger partial charge in [-0.2, -0.15) is 0 Å². The van der Waals surface area contributed by atoms with E-state index in [1.807, 2.05) is 53.2 Å². The molecule has 3 rings (SSSR count). The molecule has 0 radical (unpaired) electrons. The molecule has 0 N–H and O–H groups in total. The lowest BCUT2D eigenvalue weighted by Crippen LogP contribution is -2.11. The van der Waals surface area contributed by atoms with Crippen LogP contribution < -0.4 is 0 Å². The Morgan fingerprint density at radius 1 is 1.17 bits per heavy atom. The topological polar surface area (TPSA) is 44.1 Å². The normalized spacial score (nSPS) is 11.1. The van der Waals surface area contributed by atoms with Crippen molar-refractivity contribution in [3.8, 4) is 0 Å². The summed E-state index contributed by atoms with van der Waals surface area (Å²) in [4.78, 5) is 16.4. The number of nitrogens with zero attached hydrogens (tertiary/aromatic N) is 2. The molecule has 2 aromatic heterocycles. The van der Waals surface area contributed by atoms with E-state index in [9.17, 15) is 4.79 Å². The first-order valence-corrected chi connectivity index (χ1v) is 7.82. The monoisotopic (exact) mass is 308 g/mol. The van der Waals surface area contributed by atoms with Gasteiger partial charge in [0.15, 0.2) is 0 Å². The predicted octanol–water partition coefficient (Wildman–Crippen LogP) is 4.02. The van der Waals surface area contributed by atoms with Gasteiger partial charge >= 0.3 is 5.97 Å². The summed E-state index contributed by atoms with van der Waals surface area (Å²) in [5.74, 6) is 0.166. The van der Waals surface area contributed by atoms with Gasteiger partial charge in [-0.3, -0.25) is 0 Å². The molecule has 0 unspecified atom stereocenters. The summed E-state index contributed by atoms with van der Waals surface area (Å²) >= 11 is 0. The van der Waals surface area contributed by atoms with E-state index >= 15 is 0 Å². The maximum Gasteiger partial charge on any atom is 0.338 e. The lowest BCUT2D eigenvalue weighted by atomic mass is 10.0. The van der Waals surface area contributed by atoms with Crippen molar-refractivity contribution in [3.63, 3.8) is 0 Å². The fourth-order valence-corrected chi connectivity index (χ4v) is 2.52. The number of benzene rings is 1. The highest BCUT2D eigenvalue weighted by Gasteiger charge is 2.08. The lowest BCUT2D eigenvalue weighted by molar-refractivity contribution is 0.0492. The number of hydrogen-bond acceptors (Lipinski definition) is 3. The summed E-state index contributed by atoms with van der Waals surface area (Å²) in [5, 5.41) is 1.09. The highest BCUT2D eigenvalue weighted by molar-refractivity contribution is 5.89. The molecule has 0 spiro atoms. The smallest absolute Gasteiger partial charge is 0.338 e. The largest absolute Gasteiger partial charge is 0.460 e. The van der Waals surface area contributed by atoms with Gasteiger partial charge in [0.05, 0.1) is 12.1 Å². The van der Waals surface area contributed by atoms with E-state index in [1.165, 1.54) is 5.56 Å². The Morgan fingerprint density at radius 2 is 1.96 bits per heavy atom. The van der Waals surface area contributed by atoms with Crippen LogP contribution in [0.5, 0.6) is 0 Å². The number of esters is 1. The van der Waals surface area contributed by atoms with Crippen LogP contribution in [0.2, 0.25) is 0 Å². The molecule has 0 saturated heterocycles. The Labute approximate surface area is 135 Å². The molecular weight excluding hydrogens is 288 g/mol. The average Bonchev–Trinajstić information content (AvgIpc) is 2.98. The quantitative estimate of drug-likeness (QED) is 0.669. The van der Waals surface area contributed by atoms with E-state index in [0.29, 0.717) is 24.6 Å². The molecule has 0 saturated carbocycles. The molecule has 118 valence electrons. The zero-order chi connectivity index (χ0) is 16.2. The number of carbonyl (C=O) groups excluding carboxylic acids is 1. The van der Waals surface area contributed by atoms with Crippen LogP contribution in [0.4, 0.5) is 0 Å². The van der Waals surface area contributed by atoms with Crippen LogP contribution in [0.3, 0.4) is 0 Å². The minimum Gasteiger partial charge on any atom is -0.460 e. The van der Waals surface area contributed by atoms with Crippen LogP contribution in [0, 0.1) is 0 Å². The maximum atomic E-state index is 12.1. The predicted molar refractivity (Wildman–Crippen MR) is 90.5 cm³/mol. The number of rotatable bonds is 5. The standard InChI is InChI=1S/C19H20N2O2/c1-14(2)15-5-7-17(8-6-15)19(22)23-13-12-21-11-9-16-4-3-10-20-18(16)21/h3-11,14H,12-13H2,1-2H3. The number of fused-ring (bicyclic) bond motifs is 1. The summed E-state index contributed by atoms with van der Waals surface area (Å²) in [6.45, 7) is 5.17. The van der Waals surface area contributed by atoms with Crippen LogP contribution >= 0.6 is 0 Å². The second-order valence-electron chi connectivity index (χ2n) is 5.84. The first-order chi connectivity index (χ1) is 11.1. The van der Waals surface area contributed by atoms with E-state index in [4.69, 9.17) is 4.74 Å². The van der Waals surface area contributed by atoms with Crippen molar-refractivity contribution in [1.29, 1.82) is 0 Å². The zero-order valence-electron chi connectivity index (χ0n) is 13.4. The van der Waals surface area contributed by atoms with Gasteiger partial charge in [0, 0.05) is 17.8 Å². The molecule has 0 fully saturated rings. The van der Waals surface area contributed by atoms with Crippen molar-refractivity contribution in [2.24, 2.45) is 0 Å². The van der Waals surface area contributed by atoms with Crippen molar-refractivity contribution >= 4 is 17.0 Å². The molecule has 23 heavy (non-hydrogen) atoms. The van der Waals surface area contributed by atoms with Crippen LogP contribution in [-0.2, 0) is 11.3 Å².